The number of rotatable bonds is 5. The Kier molecular flexibility index (Phi) is 8.21. The summed E-state index contributed by atoms with van der Waals surface area (Å²) in [5.41, 5.74) is -1.35. The van der Waals surface area contributed by atoms with Crippen molar-refractivity contribution in [1.82, 2.24) is 20.3 Å². The second kappa shape index (κ2) is 11.5. The van der Waals surface area contributed by atoms with Crippen molar-refractivity contribution < 1.29 is 32.3 Å². The summed E-state index contributed by atoms with van der Waals surface area (Å²) in [6.45, 7) is 0.366. The maximum atomic E-state index is 13.7. The van der Waals surface area contributed by atoms with Crippen LogP contribution in [0.5, 0.6) is 0 Å². The Bertz CT molecular complexity index is 1120. The van der Waals surface area contributed by atoms with Crippen molar-refractivity contribution in [2.75, 3.05) is 6.54 Å². The van der Waals surface area contributed by atoms with Gasteiger partial charge in [-0.1, -0.05) is 25.0 Å². The number of nitrogens with zero attached hydrogens (tertiary/aromatic N) is 1. The summed E-state index contributed by atoms with van der Waals surface area (Å²) in [4.78, 5) is 54.6. The summed E-state index contributed by atoms with van der Waals surface area (Å²) in [7, 11) is -3.78. The lowest BCUT2D eigenvalue weighted by atomic mass is 10.1. The summed E-state index contributed by atoms with van der Waals surface area (Å²) < 4.78 is 32.7. The molecule has 216 valence electrons. The molecule has 11 nitrogen and oxygen atoms in total. The third-order valence-electron chi connectivity index (χ3n) is 8.70. The predicted molar refractivity (Wildman–Crippen MR) is 142 cm³/mol. The van der Waals surface area contributed by atoms with Gasteiger partial charge in [0.15, 0.2) is 0 Å². The molecule has 3 N–H and O–H groups in total. The van der Waals surface area contributed by atoms with Crippen LogP contribution in [0.25, 0.3) is 0 Å². The zero-order valence-corrected chi connectivity index (χ0v) is 23.2. The van der Waals surface area contributed by atoms with Crippen LogP contribution in [0.3, 0.4) is 0 Å². The molecule has 2 aliphatic heterocycles. The van der Waals surface area contributed by atoms with Crippen LogP contribution in [0.1, 0.15) is 89.9 Å². The Morgan fingerprint density at radius 3 is 2.46 bits per heavy atom. The molecule has 0 aromatic carbocycles. The van der Waals surface area contributed by atoms with Gasteiger partial charge in [0.05, 0.1) is 5.25 Å². The Labute approximate surface area is 229 Å². The van der Waals surface area contributed by atoms with Gasteiger partial charge in [-0.25, -0.2) is 13.2 Å². The van der Waals surface area contributed by atoms with E-state index in [1.807, 2.05) is 12.2 Å². The van der Waals surface area contributed by atoms with E-state index in [1.165, 1.54) is 4.90 Å². The molecular formula is C27H40N4O7S. The van der Waals surface area contributed by atoms with Crippen LogP contribution < -0.4 is 15.4 Å². The second-order valence-corrected chi connectivity index (χ2v) is 13.7. The van der Waals surface area contributed by atoms with Crippen molar-refractivity contribution in [3.05, 3.63) is 12.2 Å². The molecule has 3 aliphatic carbocycles. The lowest BCUT2D eigenvalue weighted by molar-refractivity contribution is -0.141. The summed E-state index contributed by atoms with van der Waals surface area (Å²) in [5, 5.41) is 5.05. The predicted octanol–water partition coefficient (Wildman–Crippen LogP) is 2.02. The fraction of sp³-hybridized carbons (Fsp3) is 0.778. The number of nitrogens with one attached hydrogen (secondary N) is 3. The van der Waals surface area contributed by atoms with Crippen molar-refractivity contribution >= 4 is 33.8 Å². The first-order valence-corrected chi connectivity index (χ1v) is 16.1. The molecule has 5 rings (SSSR count). The Morgan fingerprint density at radius 2 is 1.72 bits per heavy atom. The Hall–Kier alpha value is -2.63. The van der Waals surface area contributed by atoms with Gasteiger partial charge in [-0.05, 0) is 77.0 Å². The molecule has 2 heterocycles. The van der Waals surface area contributed by atoms with Crippen LogP contribution in [0.4, 0.5) is 4.79 Å². The van der Waals surface area contributed by atoms with E-state index < -0.39 is 50.8 Å². The van der Waals surface area contributed by atoms with Crippen LogP contribution in [-0.2, 0) is 29.1 Å². The summed E-state index contributed by atoms with van der Waals surface area (Å²) in [6.07, 6.45) is 12.9. The average Bonchev–Trinajstić information content (AvgIpc) is 3.74. The standard InChI is InChI=1S/C27H40N4O7S/c32-23-22-13-8-16-31(22)24(33)21(28-26(35)38-19-10-6-7-11-19)12-5-3-1-2-4-9-18-17-27(18,29-23)25(34)30-39(36,37)20-14-15-20/h4,9,18-22H,1-3,5-8,10-17H2,(H,28,35)(H,29,32)(H,30,34)/b9-4-/t18-,21+,22+,27-/m1/s1. The summed E-state index contributed by atoms with van der Waals surface area (Å²) in [6, 6.07) is -1.60. The third kappa shape index (κ3) is 6.41. The van der Waals surface area contributed by atoms with Crippen molar-refractivity contribution in [1.29, 1.82) is 0 Å². The number of allylic oxidation sites excluding steroid dienone is 1. The molecule has 0 aromatic heterocycles. The molecule has 12 heteroatoms. The van der Waals surface area contributed by atoms with Gasteiger partial charge in [-0.2, -0.15) is 0 Å². The molecule has 0 bridgehead atoms. The highest BCUT2D eigenvalue weighted by Crippen LogP contribution is 2.46. The molecule has 39 heavy (non-hydrogen) atoms. The van der Waals surface area contributed by atoms with Crippen molar-refractivity contribution in [3.8, 4) is 0 Å². The number of hydrogen-bond donors (Lipinski definition) is 3. The Balaban J connectivity index is 1.32. The minimum atomic E-state index is -3.78. The monoisotopic (exact) mass is 564 g/mol. The number of alkyl carbamates (subject to hydrolysis) is 1. The van der Waals surface area contributed by atoms with Crippen LogP contribution in [0.15, 0.2) is 12.2 Å². The molecule has 0 spiro atoms. The number of ether oxygens (including phenoxy) is 1. The van der Waals surface area contributed by atoms with Crippen LogP contribution in [-0.4, -0.2) is 72.7 Å². The number of hydrogen-bond acceptors (Lipinski definition) is 7. The van der Waals surface area contributed by atoms with E-state index in [0.29, 0.717) is 45.1 Å². The van der Waals surface area contributed by atoms with Crippen molar-refractivity contribution in [2.24, 2.45) is 5.92 Å². The fourth-order valence-electron chi connectivity index (χ4n) is 6.11. The minimum Gasteiger partial charge on any atom is -0.446 e. The van der Waals surface area contributed by atoms with Crippen molar-refractivity contribution in [2.45, 2.75) is 119 Å². The normalized spacial score (nSPS) is 33.1. The molecule has 0 aromatic rings. The van der Waals surface area contributed by atoms with E-state index >= 15 is 0 Å². The van der Waals surface area contributed by atoms with Crippen molar-refractivity contribution in [3.63, 3.8) is 0 Å². The average molecular weight is 565 g/mol. The first-order valence-electron chi connectivity index (χ1n) is 14.5. The molecular weight excluding hydrogens is 524 g/mol. The molecule has 5 aliphatic rings. The number of fused-ring (bicyclic) bond motifs is 2. The first-order chi connectivity index (χ1) is 18.7. The maximum absolute atomic E-state index is 13.7. The zero-order chi connectivity index (χ0) is 27.6. The number of carbonyl (C=O) groups excluding carboxylic acids is 4. The number of carbonyl (C=O) groups is 4. The van der Waals surface area contributed by atoms with Gasteiger partial charge < -0.3 is 20.3 Å². The van der Waals surface area contributed by atoms with E-state index in [-0.39, 0.29) is 17.9 Å². The number of amides is 4. The van der Waals surface area contributed by atoms with Gasteiger partial charge in [0.2, 0.25) is 21.8 Å². The minimum absolute atomic E-state index is 0.128. The molecule has 0 radical (unpaired) electrons. The number of sulfonamides is 1. The highest BCUT2D eigenvalue weighted by Gasteiger charge is 2.61. The molecule has 4 atom stereocenters. The molecule has 4 fully saturated rings. The van der Waals surface area contributed by atoms with E-state index in [0.717, 1.165) is 51.4 Å². The highest BCUT2D eigenvalue weighted by atomic mass is 32.2. The van der Waals surface area contributed by atoms with Gasteiger partial charge in [0.1, 0.15) is 23.7 Å². The third-order valence-corrected chi connectivity index (χ3v) is 10.5. The first kappa shape index (κ1) is 27.9. The van der Waals surface area contributed by atoms with Crippen LogP contribution in [0.2, 0.25) is 0 Å². The summed E-state index contributed by atoms with van der Waals surface area (Å²) >= 11 is 0. The van der Waals surface area contributed by atoms with Crippen LogP contribution in [0, 0.1) is 5.92 Å². The SMILES string of the molecule is O=C(N[C@H]1CCCCC/C=C\[C@@H]2C[C@@]2(C(=O)NS(=O)(=O)C2CC2)NC(=O)[C@@H]2CCCN2C1=O)OC1CCCC1. The lowest BCUT2D eigenvalue weighted by Crippen LogP contribution is -2.58. The van der Waals surface area contributed by atoms with E-state index in [4.69, 9.17) is 4.74 Å². The van der Waals surface area contributed by atoms with Gasteiger partial charge in [-0.3, -0.25) is 19.1 Å². The molecule has 4 amide bonds. The smallest absolute Gasteiger partial charge is 0.408 e. The van der Waals surface area contributed by atoms with Gasteiger partial charge in [0, 0.05) is 12.5 Å². The fourth-order valence-corrected chi connectivity index (χ4v) is 7.47. The van der Waals surface area contributed by atoms with E-state index in [9.17, 15) is 27.6 Å². The van der Waals surface area contributed by atoms with Gasteiger partial charge >= 0.3 is 6.09 Å². The van der Waals surface area contributed by atoms with Gasteiger partial charge in [-0.15, -0.1) is 0 Å². The maximum Gasteiger partial charge on any atom is 0.408 e. The zero-order valence-electron chi connectivity index (χ0n) is 22.4. The second-order valence-electron chi connectivity index (χ2n) is 11.7. The Morgan fingerprint density at radius 1 is 0.974 bits per heavy atom. The van der Waals surface area contributed by atoms with Gasteiger partial charge in [0.25, 0.3) is 5.91 Å². The largest absolute Gasteiger partial charge is 0.446 e. The van der Waals surface area contributed by atoms with E-state index in [1.54, 1.807) is 0 Å². The molecule has 3 saturated carbocycles. The quantitative estimate of drug-likeness (QED) is 0.432. The highest BCUT2D eigenvalue weighted by molar-refractivity contribution is 7.91. The molecule has 0 unspecified atom stereocenters. The summed E-state index contributed by atoms with van der Waals surface area (Å²) in [5.74, 6) is -1.83. The van der Waals surface area contributed by atoms with Crippen LogP contribution >= 0.6 is 0 Å². The van der Waals surface area contributed by atoms with E-state index in [2.05, 4.69) is 15.4 Å². The molecule has 1 saturated heterocycles. The lowest BCUT2D eigenvalue weighted by Gasteiger charge is -2.30. The topological polar surface area (TPSA) is 151 Å².